The van der Waals surface area contributed by atoms with E-state index >= 15 is 4.39 Å². The van der Waals surface area contributed by atoms with Crippen LogP contribution in [0, 0.1) is 5.82 Å². The largest absolute Gasteiger partial charge is 0.496 e. The molecule has 0 bridgehead atoms. The second kappa shape index (κ2) is 13.2. The van der Waals surface area contributed by atoms with Crippen molar-refractivity contribution < 1.29 is 18.7 Å². The number of carbonyl (C=O) groups excluding carboxylic acids is 1. The van der Waals surface area contributed by atoms with Crippen molar-refractivity contribution in [1.82, 2.24) is 24.6 Å². The normalized spacial score (nSPS) is 17.3. The fourth-order valence-corrected chi connectivity index (χ4v) is 6.02. The minimum atomic E-state index is -0.542. The highest BCUT2D eigenvalue weighted by molar-refractivity contribution is 6.00. The minimum absolute atomic E-state index is 0.0721. The fraction of sp³-hybridized carbons (Fsp3) is 0.394. The van der Waals surface area contributed by atoms with Crippen molar-refractivity contribution in [3.05, 3.63) is 66.4 Å². The maximum absolute atomic E-state index is 15.2. The number of nitrogens with zero attached hydrogens (tertiary/aromatic N) is 6. The fourth-order valence-electron chi connectivity index (χ4n) is 6.02. The number of anilines is 3. The van der Waals surface area contributed by atoms with E-state index in [9.17, 15) is 4.79 Å². The van der Waals surface area contributed by atoms with Crippen LogP contribution in [0.3, 0.4) is 0 Å². The first kappa shape index (κ1) is 30.5. The number of amides is 1. The van der Waals surface area contributed by atoms with Gasteiger partial charge in [-0.25, -0.2) is 14.4 Å². The Morgan fingerprint density at radius 3 is 2.71 bits per heavy atom. The molecule has 1 atom stereocenters. The summed E-state index contributed by atoms with van der Waals surface area (Å²) in [7, 11) is 4.74. The maximum atomic E-state index is 15.2. The van der Waals surface area contributed by atoms with Gasteiger partial charge in [-0.2, -0.15) is 5.10 Å². The molecule has 2 aliphatic heterocycles. The number of benzene rings is 1. The lowest BCUT2D eigenvalue weighted by Gasteiger charge is -2.34. The van der Waals surface area contributed by atoms with E-state index in [2.05, 4.69) is 16.4 Å². The second-order valence-corrected chi connectivity index (χ2v) is 11.7. The number of hydrogen-bond donors (Lipinski definition) is 2. The first-order valence-corrected chi connectivity index (χ1v) is 15.3. The molecule has 2 aliphatic rings. The highest BCUT2D eigenvalue weighted by atomic mass is 19.1. The van der Waals surface area contributed by atoms with Crippen LogP contribution in [0.1, 0.15) is 42.1 Å². The molecule has 0 saturated carbocycles. The first-order chi connectivity index (χ1) is 21.8. The average molecular weight is 615 g/mol. The van der Waals surface area contributed by atoms with Crippen molar-refractivity contribution in [3.8, 4) is 28.1 Å². The summed E-state index contributed by atoms with van der Waals surface area (Å²) >= 11 is 0. The standard InChI is InChI=1S/C33H39FN8O3/c1-40(2)33(43)24-9-10-29(39-32(24)31-26(34)7-4-8-28(31)44-3)38-30-16-27(41-13-5-6-22(35)20-41)25(18-36-30)21-17-37-42(19-21)23-11-14-45-15-12-23/h4,7-10,16-19,22-23H,5-6,11-15,20,35H2,1-3H3,(H,36,38,39)/t22-/m0/s1. The SMILES string of the molecule is COc1cccc(F)c1-c1nc(Nc2cc(N3CCC[C@H](N)C3)c(-c3cnn(C4CCOCC4)c3)cn2)ccc1C(=O)N(C)C. The van der Waals surface area contributed by atoms with Gasteiger partial charge in [-0.05, 0) is 49.9 Å². The predicted molar refractivity (Wildman–Crippen MR) is 171 cm³/mol. The van der Waals surface area contributed by atoms with Gasteiger partial charge in [-0.15, -0.1) is 0 Å². The quantitative estimate of drug-likeness (QED) is 0.286. The molecule has 0 aliphatic carbocycles. The van der Waals surface area contributed by atoms with Crippen molar-refractivity contribution in [3.63, 3.8) is 0 Å². The van der Waals surface area contributed by atoms with Gasteiger partial charge >= 0.3 is 0 Å². The van der Waals surface area contributed by atoms with Crippen LogP contribution in [0.2, 0.25) is 0 Å². The molecule has 236 valence electrons. The van der Waals surface area contributed by atoms with Crippen molar-refractivity contribution in [2.24, 2.45) is 5.73 Å². The molecule has 11 nitrogen and oxygen atoms in total. The predicted octanol–water partition coefficient (Wildman–Crippen LogP) is 4.88. The third-order valence-corrected chi connectivity index (χ3v) is 8.38. The van der Waals surface area contributed by atoms with Crippen LogP contribution < -0.4 is 20.7 Å². The van der Waals surface area contributed by atoms with Crippen molar-refractivity contribution in [2.45, 2.75) is 37.8 Å². The zero-order chi connectivity index (χ0) is 31.5. The third-order valence-electron chi connectivity index (χ3n) is 8.38. The number of ether oxygens (including phenoxy) is 2. The van der Waals surface area contributed by atoms with Gasteiger partial charge in [0.2, 0.25) is 0 Å². The topological polar surface area (TPSA) is 124 Å². The summed E-state index contributed by atoms with van der Waals surface area (Å²) in [5.74, 6) is 0.385. The second-order valence-electron chi connectivity index (χ2n) is 11.7. The molecule has 0 radical (unpaired) electrons. The highest BCUT2D eigenvalue weighted by Crippen LogP contribution is 2.37. The number of carbonyl (C=O) groups is 1. The van der Waals surface area contributed by atoms with Crippen LogP contribution in [-0.2, 0) is 4.74 Å². The van der Waals surface area contributed by atoms with Crippen LogP contribution in [0.25, 0.3) is 22.4 Å². The number of halogens is 1. The number of rotatable bonds is 8. The molecule has 1 amide bonds. The molecule has 3 N–H and O–H groups in total. The van der Waals surface area contributed by atoms with Gasteiger partial charge in [0.15, 0.2) is 0 Å². The van der Waals surface area contributed by atoms with Crippen LogP contribution in [0.15, 0.2) is 55.0 Å². The molecule has 12 heteroatoms. The molecule has 0 unspecified atom stereocenters. The maximum Gasteiger partial charge on any atom is 0.255 e. The highest BCUT2D eigenvalue weighted by Gasteiger charge is 2.25. The van der Waals surface area contributed by atoms with E-state index in [0.29, 0.717) is 17.7 Å². The number of nitrogens with one attached hydrogen (secondary N) is 1. The molecule has 3 aromatic heterocycles. The van der Waals surface area contributed by atoms with Gasteiger partial charge in [0, 0.05) is 81.7 Å². The van der Waals surface area contributed by atoms with Crippen LogP contribution >= 0.6 is 0 Å². The number of nitrogens with two attached hydrogens (primary N) is 1. The molecular weight excluding hydrogens is 575 g/mol. The molecule has 2 saturated heterocycles. The Kier molecular flexibility index (Phi) is 8.95. The number of pyridine rings is 2. The number of aromatic nitrogens is 4. The smallest absolute Gasteiger partial charge is 0.255 e. The molecular formula is C33H39FN8O3. The van der Waals surface area contributed by atoms with E-state index in [-0.39, 0.29) is 34.5 Å². The van der Waals surface area contributed by atoms with E-state index in [4.69, 9.17) is 30.3 Å². The van der Waals surface area contributed by atoms with Gasteiger partial charge in [-0.1, -0.05) is 6.07 Å². The molecule has 2 fully saturated rings. The Labute approximate surface area is 262 Å². The Balaban J connectivity index is 1.38. The van der Waals surface area contributed by atoms with Crippen LogP contribution in [0.5, 0.6) is 5.75 Å². The monoisotopic (exact) mass is 614 g/mol. The molecule has 1 aromatic carbocycles. The molecule has 6 rings (SSSR count). The van der Waals surface area contributed by atoms with Gasteiger partial charge in [-0.3, -0.25) is 9.48 Å². The Bertz CT molecular complexity index is 1670. The van der Waals surface area contributed by atoms with Gasteiger partial charge in [0.25, 0.3) is 5.91 Å². The summed E-state index contributed by atoms with van der Waals surface area (Å²) < 4.78 is 28.3. The Morgan fingerprint density at radius 2 is 1.96 bits per heavy atom. The van der Waals surface area contributed by atoms with E-state index in [1.165, 1.54) is 18.1 Å². The molecule has 5 heterocycles. The summed E-state index contributed by atoms with van der Waals surface area (Å²) in [6, 6.07) is 10.2. The van der Waals surface area contributed by atoms with Crippen molar-refractivity contribution >= 4 is 23.2 Å². The van der Waals surface area contributed by atoms with Crippen molar-refractivity contribution in [2.75, 3.05) is 57.7 Å². The van der Waals surface area contributed by atoms with Gasteiger partial charge < -0.3 is 30.3 Å². The molecule has 0 spiro atoms. The average Bonchev–Trinajstić information content (AvgIpc) is 3.55. The third kappa shape index (κ3) is 6.47. The summed E-state index contributed by atoms with van der Waals surface area (Å²) in [5, 5.41) is 7.98. The Morgan fingerprint density at radius 1 is 1.13 bits per heavy atom. The molecule has 45 heavy (non-hydrogen) atoms. The van der Waals surface area contributed by atoms with Crippen LogP contribution in [0.4, 0.5) is 21.7 Å². The van der Waals surface area contributed by atoms with Crippen LogP contribution in [-0.4, -0.2) is 84.1 Å². The minimum Gasteiger partial charge on any atom is -0.496 e. The molecule has 4 aromatic rings. The summed E-state index contributed by atoms with van der Waals surface area (Å²) in [5.41, 5.74) is 9.87. The summed E-state index contributed by atoms with van der Waals surface area (Å²) in [4.78, 5) is 26.3. The lowest BCUT2D eigenvalue weighted by Crippen LogP contribution is -2.43. The number of piperidine rings is 1. The first-order valence-electron chi connectivity index (χ1n) is 15.3. The van der Waals surface area contributed by atoms with E-state index in [1.807, 2.05) is 23.1 Å². The lowest BCUT2D eigenvalue weighted by atomic mass is 10.0. The van der Waals surface area contributed by atoms with E-state index in [1.54, 1.807) is 38.4 Å². The Hall–Kier alpha value is -4.55. The zero-order valence-corrected chi connectivity index (χ0v) is 25.9. The lowest BCUT2D eigenvalue weighted by molar-refractivity contribution is 0.0662. The zero-order valence-electron chi connectivity index (χ0n) is 25.9. The van der Waals surface area contributed by atoms with Crippen molar-refractivity contribution in [1.29, 1.82) is 0 Å². The summed E-state index contributed by atoms with van der Waals surface area (Å²) in [6.45, 7) is 3.07. The van der Waals surface area contributed by atoms with E-state index in [0.717, 1.165) is 68.8 Å². The summed E-state index contributed by atoms with van der Waals surface area (Å²) in [6.07, 6.45) is 9.66. The van der Waals surface area contributed by atoms with E-state index < -0.39 is 5.82 Å². The van der Waals surface area contributed by atoms with Gasteiger partial charge in [0.1, 0.15) is 23.2 Å². The number of methoxy groups -OCH3 is 1. The number of hydrogen-bond acceptors (Lipinski definition) is 9. The van der Waals surface area contributed by atoms with Gasteiger partial charge in [0.05, 0.1) is 36.2 Å².